The van der Waals surface area contributed by atoms with Gasteiger partial charge in [-0.2, -0.15) is 0 Å². The number of pyridine rings is 1. The average Bonchev–Trinajstić information content (AvgIpc) is 2.55. The maximum Gasteiger partial charge on any atom is 0.204 e. The Morgan fingerprint density at radius 3 is 2.00 bits per heavy atom. The summed E-state index contributed by atoms with van der Waals surface area (Å²) in [5.41, 5.74) is 4.89. The predicted molar refractivity (Wildman–Crippen MR) is 88.4 cm³/mol. The van der Waals surface area contributed by atoms with Crippen LogP contribution in [0.15, 0.2) is 79.0 Å². The van der Waals surface area contributed by atoms with Crippen LogP contribution in [0.4, 0.5) is 0 Å². The third-order valence-corrected chi connectivity index (χ3v) is 3.56. The highest BCUT2D eigenvalue weighted by atomic mass is 127. The van der Waals surface area contributed by atoms with E-state index in [0.717, 1.165) is 0 Å². The summed E-state index contributed by atoms with van der Waals surface area (Å²) in [4.78, 5) is 0. The highest BCUT2D eigenvalue weighted by molar-refractivity contribution is 5.70. The number of aryl methyl sites for hydroxylation is 1. The Morgan fingerprint density at radius 1 is 0.682 bits per heavy atom. The summed E-state index contributed by atoms with van der Waals surface area (Å²) in [5.74, 6) is 0. The van der Waals surface area contributed by atoms with Crippen LogP contribution in [0.1, 0.15) is 11.3 Å². The monoisotopic (exact) mass is 399 g/mol. The largest absolute Gasteiger partial charge is 1.00 e. The highest BCUT2D eigenvalue weighted by Crippen LogP contribution is 2.19. The van der Waals surface area contributed by atoms with Crippen molar-refractivity contribution in [2.75, 3.05) is 0 Å². The molecule has 0 N–H and O–H groups in total. The minimum Gasteiger partial charge on any atom is -1.00 e. The van der Waals surface area contributed by atoms with Crippen LogP contribution < -0.4 is 28.5 Å². The first-order chi connectivity index (χ1) is 10.3. The van der Waals surface area contributed by atoms with Crippen molar-refractivity contribution in [3.05, 3.63) is 90.3 Å². The van der Waals surface area contributed by atoms with Gasteiger partial charge in [-0.1, -0.05) is 54.6 Å². The topological polar surface area (TPSA) is 3.88 Å². The van der Waals surface area contributed by atoms with E-state index in [1.807, 2.05) is 12.1 Å². The van der Waals surface area contributed by atoms with Gasteiger partial charge in [0, 0.05) is 18.2 Å². The Kier molecular flexibility index (Phi) is 5.90. The first-order valence-electron chi connectivity index (χ1n) is 7.11. The molecular formula is C20H18IN. The quantitative estimate of drug-likeness (QED) is 0.463. The van der Waals surface area contributed by atoms with Crippen molar-refractivity contribution in [1.29, 1.82) is 0 Å². The molecule has 0 radical (unpaired) electrons. The summed E-state index contributed by atoms with van der Waals surface area (Å²) in [6.07, 6.45) is 6.33. The van der Waals surface area contributed by atoms with Gasteiger partial charge in [-0.3, -0.25) is 0 Å². The number of nitrogens with zero attached hydrogens (tertiary/aromatic N) is 1. The standard InChI is InChI=1S/C20H18N.HI/c1-21-16-6-5-9-20(21)15-12-17-10-13-19(14-11-17)18-7-3-2-4-8-18;/h2-16H,1H3;1H/q+1;/p-1. The van der Waals surface area contributed by atoms with Gasteiger partial charge in [0.2, 0.25) is 5.69 Å². The molecule has 3 aromatic rings. The van der Waals surface area contributed by atoms with Crippen molar-refractivity contribution in [2.45, 2.75) is 0 Å². The van der Waals surface area contributed by atoms with Gasteiger partial charge in [-0.15, -0.1) is 0 Å². The zero-order valence-corrected chi connectivity index (χ0v) is 14.6. The van der Waals surface area contributed by atoms with Crippen LogP contribution in [-0.4, -0.2) is 0 Å². The van der Waals surface area contributed by atoms with Gasteiger partial charge in [0.15, 0.2) is 6.20 Å². The van der Waals surface area contributed by atoms with Crippen molar-refractivity contribution in [2.24, 2.45) is 7.05 Å². The van der Waals surface area contributed by atoms with Gasteiger partial charge in [-0.05, 0) is 28.8 Å². The van der Waals surface area contributed by atoms with Gasteiger partial charge in [-0.25, -0.2) is 4.57 Å². The van der Waals surface area contributed by atoms with Crippen molar-refractivity contribution < 1.29 is 28.5 Å². The van der Waals surface area contributed by atoms with E-state index in [-0.39, 0.29) is 24.0 Å². The second kappa shape index (κ2) is 7.90. The second-order valence-corrected chi connectivity index (χ2v) is 5.06. The van der Waals surface area contributed by atoms with Gasteiger partial charge in [0.1, 0.15) is 7.05 Å². The number of hydrogen-bond acceptors (Lipinski definition) is 0. The van der Waals surface area contributed by atoms with Crippen LogP contribution in [0.3, 0.4) is 0 Å². The normalized spacial score (nSPS) is 10.4. The van der Waals surface area contributed by atoms with E-state index in [4.69, 9.17) is 0 Å². The van der Waals surface area contributed by atoms with Crippen LogP contribution >= 0.6 is 0 Å². The molecule has 1 aromatic heterocycles. The molecule has 3 rings (SSSR count). The van der Waals surface area contributed by atoms with Crippen molar-refractivity contribution >= 4 is 12.2 Å². The Bertz CT molecular complexity index is 746. The molecule has 0 amide bonds. The minimum absolute atomic E-state index is 0. The van der Waals surface area contributed by atoms with Crippen molar-refractivity contribution in [3.63, 3.8) is 0 Å². The fraction of sp³-hybridized carbons (Fsp3) is 0.0500. The van der Waals surface area contributed by atoms with E-state index in [1.54, 1.807) is 0 Å². The van der Waals surface area contributed by atoms with E-state index in [1.165, 1.54) is 22.4 Å². The number of benzene rings is 2. The summed E-state index contributed by atoms with van der Waals surface area (Å²) in [5, 5.41) is 0. The summed E-state index contributed by atoms with van der Waals surface area (Å²) in [6.45, 7) is 0. The lowest BCUT2D eigenvalue weighted by Gasteiger charge is -2.01. The fourth-order valence-corrected chi connectivity index (χ4v) is 2.31. The zero-order valence-electron chi connectivity index (χ0n) is 12.5. The minimum atomic E-state index is 0. The summed E-state index contributed by atoms with van der Waals surface area (Å²) in [6, 6.07) is 25.3. The molecule has 0 atom stereocenters. The number of hydrogen-bond donors (Lipinski definition) is 0. The molecule has 0 spiro atoms. The summed E-state index contributed by atoms with van der Waals surface area (Å²) in [7, 11) is 2.05. The van der Waals surface area contributed by atoms with E-state index < -0.39 is 0 Å². The first kappa shape index (κ1) is 16.4. The molecule has 110 valence electrons. The lowest BCUT2D eigenvalue weighted by Crippen LogP contribution is -3.00. The Hall–Kier alpha value is -1.94. The molecule has 0 aliphatic carbocycles. The van der Waals surface area contributed by atoms with Gasteiger partial charge in [0.25, 0.3) is 0 Å². The molecule has 0 fully saturated rings. The van der Waals surface area contributed by atoms with Crippen molar-refractivity contribution in [1.82, 2.24) is 0 Å². The first-order valence-corrected chi connectivity index (χ1v) is 7.11. The Labute approximate surface area is 149 Å². The van der Waals surface area contributed by atoms with E-state index in [9.17, 15) is 0 Å². The van der Waals surface area contributed by atoms with Crippen LogP contribution in [0.2, 0.25) is 0 Å². The third kappa shape index (κ3) is 4.04. The maximum absolute atomic E-state index is 2.17. The molecule has 0 unspecified atom stereocenters. The Balaban J connectivity index is 0.00000176. The van der Waals surface area contributed by atoms with Crippen LogP contribution in [0, 0.1) is 0 Å². The van der Waals surface area contributed by atoms with Gasteiger partial charge >= 0.3 is 0 Å². The molecule has 1 nitrogen and oxygen atoms in total. The third-order valence-electron chi connectivity index (χ3n) is 3.56. The number of halogens is 1. The molecule has 1 heterocycles. The van der Waals surface area contributed by atoms with E-state index in [2.05, 4.69) is 90.6 Å². The molecule has 0 aliphatic rings. The van der Waals surface area contributed by atoms with Gasteiger partial charge in [0.05, 0.1) is 0 Å². The molecule has 2 aromatic carbocycles. The molecule has 0 bridgehead atoms. The molecule has 0 saturated carbocycles. The zero-order chi connectivity index (χ0) is 14.5. The molecule has 2 heteroatoms. The average molecular weight is 399 g/mol. The molecule has 0 saturated heterocycles. The summed E-state index contributed by atoms with van der Waals surface area (Å²) >= 11 is 0. The molecule has 22 heavy (non-hydrogen) atoms. The highest BCUT2D eigenvalue weighted by Gasteiger charge is 1.99. The fourth-order valence-electron chi connectivity index (χ4n) is 2.31. The molecule has 0 aliphatic heterocycles. The predicted octanol–water partition coefficient (Wildman–Crippen LogP) is 1.35. The van der Waals surface area contributed by atoms with Crippen LogP contribution in [0.25, 0.3) is 23.3 Å². The van der Waals surface area contributed by atoms with Crippen molar-refractivity contribution in [3.8, 4) is 11.1 Å². The molecular weight excluding hydrogens is 381 g/mol. The van der Waals surface area contributed by atoms with E-state index >= 15 is 0 Å². The van der Waals surface area contributed by atoms with Crippen LogP contribution in [0.5, 0.6) is 0 Å². The second-order valence-electron chi connectivity index (χ2n) is 5.06. The number of rotatable bonds is 3. The lowest BCUT2D eigenvalue weighted by atomic mass is 10.0. The maximum atomic E-state index is 2.17. The SMILES string of the molecule is C[n+]1ccccc1C=Cc1ccc(-c2ccccc2)cc1.[I-]. The van der Waals surface area contributed by atoms with E-state index in [0.29, 0.717) is 0 Å². The van der Waals surface area contributed by atoms with Gasteiger partial charge < -0.3 is 24.0 Å². The summed E-state index contributed by atoms with van der Waals surface area (Å²) < 4.78 is 2.11. The number of aromatic nitrogens is 1. The van der Waals surface area contributed by atoms with Crippen LogP contribution in [-0.2, 0) is 7.05 Å². The smallest absolute Gasteiger partial charge is 0.204 e. The Morgan fingerprint density at radius 2 is 1.32 bits per heavy atom. The lowest BCUT2D eigenvalue weighted by molar-refractivity contribution is -0.673.